The van der Waals surface area contributed by atoms with Crippen LogP contribution in [0.4, 0.5) is 0 Å². The van der Waals surface area contributed by atoms with Gasteiger partial charge in [-0.1, -0.05) is 12.1 Å². The summed E-state index contributed by atoms with van der Waals surface area (Å²) < 4.78 is 21.3. The van der Waals surface area contributed by atoms with Gasteiger partial charge in [-0.25, -0.2) is 0 Å². The minimum atomic E-state index is -1.71. The number of aliphatic hydroxyl groups is 6. The molecule has 1 aromatic carbocycles. The van der Waals surface area contributed by atoms with E-state index in [0.717, 1.165) is 0 Å². The molecular formula is C19H25NO11. The van der Waals surface area contributed by atoms with Crippen LogP contribution in [0.1, 0.15) is 11.7 Å². The molecular weight excluding hydrogens is 418 g/mol. The van der Waals surface area contributed by atoms with E-state index in [2.05, 4.69) is 0 Å². The molecule has 2 aliphatic heterocycles. The summed E-state index contributed by atoms with van der Waals surface area (Å²) in [5.74, 6) is -0.105. The molecule has 10 unspecified atom stereocenters. The molecule has 0 aromatic heterocycles. The largest absolute Gasteiger partial charge is 0.508 e. The van der Waals surface area contributed by atoms with Crippen molar-refractivity contribution in [1.29, 1.82) is 5.26 Å². The zero-order valence-corrected chi connectivity index (χ0v) is 16.2. The normalized spacial score (nSPS) is 39.6. The molecule has 12 nitrogen and oxygen atoms in total. The molecule has 10 atom stereocenters. The zero-order valence-electron chi connectivity index (χ0n) is 16.2. The lowest BCUT2D eigenvalue weighted by molar-refractivity contribution is -0.325. The fourth-order valence-electron chi connectivity index (χ4n) is 3.29. The predicted molar refractivity (Wildman–Crippen MR) is 97.9 cm³/mol. The second-order valence-electron chi connectivity index (χ2n) is 7.34. The predicted octanol–water partition coefficient (Wildman–Crippen LogP) is -2.76. The minimum Gasteiger partial charge on any atom is -0.508 e. The molecule has 0 amide bonds. The van der Waals surface area contributed by atoms with Gasteiger partial charge in [-0.15, -0.1) is 0 Å². The summed E-state index contributed by atoms with van der Waals surface area (Å²) in [6, 6.07) is 7.54. The van der Waals surface area contributed by atoms with Crippen LogP contribution in [0.3, 0.4) is 0 Å². The third kappa shape index (κ3) is 5.30. The van der Waals surface area contributed by atoms with Crippen LogP contribution in [-0.4, -0.2) is 104 Å². The number of phenols is 1. The number of phenolic OH excluding ortho intramolecular Hbond substituents is 1. The highest BCUT2D eigenvalue weighted by Gasteiger charge is 2.46. The van der Waals surface area contributed by atoms with Crippen LogP contribution < -0.4 is 0 Å². The van der Waals surface area contributed by atoms with Crippen LogP contribution in [0.5, 0.6) is 5.75 Å². The van der Waals surface area contributed by atoms with Crippen molar-refractivity contribution in [3.05, 3.63) is 29.8 Å². The number of benzene rings is 1. The lowest BCUT2D eigenvalue weighted by Gasteiger charge is -2.41. The first-order valence-corrected chi connectivity index (χ1v) is 9.54. The average Bonchev–Trinajstić information content (AvgIpc) is 2.76. The fourth-order valence-corrected chi connectivity index (χ4v) is 3.29. The number of nitrogens with zero attached hydrogens (tertiary/aromatic N) is 1. The lowest BCUT2D eigenvalue weighted by atomic mass is 9.99. The SMILES string of the molecule is N#CC(OC1OC(COC2OCC(O)C(O)C2O)C(O)C(O)C1O)c1cccc(O)c1. The van der Waals surface area contributed by atoms with Gasteiger partial charge < -0.3 is 54.7 Å². The summed E-state index contributed by atoms with van der Waals surface area (Å²) in [6.07, 6.45) is -14.8. The monoisotopic (exact) mass is 443 g/mol. The summed E-state index contributed by atoms with van der Waals surface area (Å²) in [6.45, 7) is -0.740. The van der Waals surface area contributed by atoms with Crippen molar-refractivity contribution in [2.24, 2.45) is 0 Å². The van der Waals surface area contributed by atoms with Crippen LogP contribution in [0.25, 0.3) is 0 Å². The van der Waals surface area contributed by atoms with Crippen molar-refractivity contribution >= 4 is 0 Å². The summed E-state index contributed by atoms with van der Waals surface area (Å²) in [7, 11) is 0. The quantitative estimate of drug-likeness (QED) is 0.239. The molecule has 2 saturated heterocycles. The first kappa shape index (κ1) is 23.8. The highest BCUT2D eigenvalue weighted by atomic mass is 16.7. The maximum atomic E-state index is 10.2. The van der Waals surface area contributed by atoms with Gasteiger partial charge in [0, 0.05) is 0 Å². The van der Waals surface area contributed by atoms with E-state index < -0.39 is 68.0 Å². The Balaban J connectivity index is 1.65. The molecule has 0 aliphatic carbocycles. The summed E-state index contributed by atoms with van der Waals surface area (Å²) in [5, 5.41) is 78.6. The van der Waals surface area contributed by atoms with Gasteiger partial charge in [-0.2, -0.15) is 5.26 Å². The third-order valence-corrected chi connectivity index (χ3v) is 5.11. The molecule has 172 valence electrons. The number of hydrogen-bond donors (Lipinski definition) is 7. The first-order chi connectivity index (χ1) is 14.7. The van der Waals surface area contributed by atoms with Crippen molar-refractivity contribution in [3.63, 3.8) is 0 Å². The fraction of sp³-hybridized carbons (Fsp3) is 0.632. The van der Waals surface area contributed by atoms with E-state index in [-0.39, 0.29) is 17.9 Å². The molecule has 2 heterocycles. The standard InChI is InChI=1S/C19H25NO11/c20-5-11(8-2-1-3-9(21)4-8)30-19-17(27)15(25)14(24)12(31-19)7-29-18-16(26)13(23)10(22)6-28-18/h1-4,10-19,21-27H,6-7H2. The topological polar surface area (TPSA) is 202 Å². The van der Waals surface area contributed by atoms with Gasteiger partial charge in [0.25, 0.3) is 0 Å². The third-order valence-electron chi connectivity index (χ3n) is 5.11. The highest BCUT2D eigenvalue weighted by molar-refractivity contribution is 5.31. The Hall–Kier alpha value is -1.89. The Labute approximate surface area is 177 Å². The Morgan fingerprint density at radius 3 is 2.39 bits per heavy atom. The molecule has 12 heteroatoms. The molecule has 3 rings (SSSR count). The van der Waals surface area contributed by atoms with Gasteiger partial charge >= 0.3 is 0 Å². The van der Waals surface area contributed by atoms with Crippen molar-refractivity contribution in [3.8, 4) is 11.8 Å². The molecule has 2 aliphatic rings. The molecule has 31 heavy (non-hydrogen) atoms. The number of aliphatic hydroxyl groups excluding tert-OH is 6. The first-order valence-electron chi connectivity index (χ1n) is 9.54. The van der Waals surface area contributed by atoms with Gasteiger partial charge in [0.05, 0.1) is 19.3 Å². The maximum Gasteiger partial charge on any atom is 0.188 e. The second-order valence-corrected chi connectivity index (χ2v) is 7.34. The number of nitriles is 1. The smallest absolute Gasteiger partial charge is 0.188 e. The van der Waals surface area contributed by atoms with Gasteiger partial charge in [0.2, 0.25) is 0 Å². The van der Waals surface area contributed by atoms with Crippen LogP contribution in [0.2, 0.25) is 0 Å². The average molecular weight is 443 g/mol. The van der Waals surface area contributed by atoms with Gasteiger partial charge in [-0.3, -0.25) is 0 Å². The molecule has 0 bridgehead atoms. The van der Waals surface area contributed by atoms with Crippen LogP contribution in [0.15, 0.2) is 24.3 Å². The number of rotatable bonds is 6. The van der Waals surface area contributed by atoms with Crippen molar-refractivity contribution in [1.82, 2.24) is 0 Å². The summed E-state index contributed by atoms with van der Waals surface area (Å²) in [4.78, 5) is 0. The van der Waals surface area contributed by atoms with E-state index in [1.165, 1.54) is 24.3 Å². The van der Waals surface area contributed by atoms with E-state index in [0.29, 0.717) is 0 Å². The van der Waals surface area contributed by atoms with E-state index in [1.807, 2.05) is 6.07 Å². The van der Waals surface area contributed by atoms with Crippen molar-refractivity contribution in [2.75, 3.05) is 13.2 Å². The van der Waals surface area contributed by atoms with E-state index in [9.17, 15) is 41.0 Å². The highest BCUT2D eigenvalue weighted by Crippen LogP contribution is 2.29. The molecule has 0 saturated carbocycles. The number of aromatic hydroxyl groups is 1. The Morgan fingerprint density at radius 2 is 1.71 bits per heavy atom. The summed E-state index contributed by atoms with van der Waals surface area (Å²) >= 11 is 0. The van der Waals surface area contributed by atoms with E-state index in [4.69, 9.17) is 18.9 Å². The second kappa shape index (κ2) is 10.2. The molecule has 7 N–H and O–H groups in total. The maximum absolute atomic E-state index is 10.2. The zero-order chi connectivity index (χ0) is 22.7. The van der Waals surface area contributed by atoms with Crippen LogP contribution in [-0.2, 0) is 18.9 Å². The van der Waals surface area contributed by atoms with E-state index >= 15 is 0 Å². The lowest BCUT2D eigenvalue weighted by Crippen LogP contribution is -2.60. The van der Waals surface area contributed by atoms with Crippen molar-refractivity contribution < 1.29 is 54.7 Å². The van der Waals surface area contributed by atoms with Gasteiger partial charge in [-0.05, 0) is 17.7 Å². The molecule has 0 radical (unpaired) electrons. The van der Waals surface area contributed by atoms with Crippen molar-refractivity contribution in [2.45, 2.75) is 61.4 Å². The van der Waals surface area contributed by atoms with Crippen LogP contribution >= 0.6 is 0 Å². The van der Waals surface area contributed by atoms with Gasteiger partial charge in [0.1, 0.15) is 48.5 Å². The molecule has 1 aromatic rings. The Morgan fingerprint density at radius 1 is 1.00 bits per heavy atom. The molecule has 2 fully saturated rings. The van der Waals surface area contributed by atoms with Crippen LogP contribution in [0, 0.1) is 11.3 Å². The summed E-state index contributed by atoms with van der Waals surface area (Å²) in [5.41, 5.74) is 0.276. The Kier molecular flexibility index (Phi) is 7.78. The number of ether oxygens (including phenoxy) is 4. The van der Waals surface area contributed by atoms with Gasteiger partial charge in [0.15, 0.2) is 18.7 Å². The number of hydrogen-bond acceptors (Lipinski definition) is 12. The molecule has 0 spiro atoms. The van der Waals surface area contributed by atoms with E-state index in [1.54, 1.807) is 0 Å². The Bertz CT molecular complexity index is 773. The minimum absolute atomic E-state index is 0.105.